The summed E-state index contributed by atoms with van der Waals surface area (Å²) in [4.78, 5) is 0. The summed E-state index contributed by atoms with van der Waals surface area (Å²) in [7, 11) is 0. The Labute approximate surface area is 98.1 Å². The van der Waals surface area contributed by atoms with Crippen LogP contribution in [0.1, 0.15) is 45.4 Å². The van der Waals surface area contributed by atoms with E-state index in [2.05, 4.69) is 12.2 Å². The molecule has 1 heterocycles. The molecule has 2 heteroatoms. The summed E-state index contributed by atoms with van der Waals surface area (Å²) >= 11 is 0. The average molecular weight is 221 g/mol. The highest BCUT2D eigenvalue weighted by atomic mass is 16.5. The number of rotatable bonds is 2. The molecule has 4 rings (SSSR count). The molecule has 4 fully saturated rings. The first-order chi connectivity index (χ1) is 7.79. The van der Waals surface area contributed by atoms with Crippen LogP contribution in [-0.4, -0.2) is 24.8 Å². The van der Waals surface area contributed by atoms with Gasteiger partial charge in [0.2, 0.25) is 0 Å². The van der Waals surface area contributed by atoms with Crippen molar-refractivity contribution >= 4 is 0 Å². The third kappa shape index (κ3) is 1.10. The molecule has 3 aliphatic carbocycles. The zero-order valence-electron chi connectivity index (χ0n) is 10.2. The van der Waals surface area contributed by atoms with Crippen molar-refractivity contribution in [1.29, 1.82) is 0 Å². The highest BCUT2D eigenvalue weighted by molar-refractivity contribution is 5.19. The number of hydrogen-bond donors (Lipinski definition) is 1. The molecule has 1 aliphatic heterocycles. The molecule has 0 amide bonds. The van der Waals surface area contributed by atoms with Crippen molar-refractivity contribution in [3.05, 3.63) is 0 Å². The Kier molecular flexibility index (Phi) is 2.00. The van der Waals surface area contributed by atoms with Gasteiger partial charge in [-0.25, -0.2) is 0 Å². The van der Waals surface area contributed by atoms with Crippen molar-refractivity contribution < 1.29 is 4.74 Å². The number of nitrogens with one attached hydrogen (secondary N) is 1. The maximum Gasteiger partial charge on any atom is 0.0690 e. The zero-order valence-corrected chi connectivity index (χ0v) is 10.2. The molecule has 16 heavy (non-hydrogen) atoms. The molecule has 0 aromatic carbocycles. The second-order valence-corrected chi connectivity index (χ2v) is 6.75. The lowest BCUT2D eigenvalue weighted by Crippen LogP contribution is -2.72. The van der Waals surface area contributed by atoms with Crippen molar-refractivity contribution in [2.24, 2.45) is 17.3 Å². The Hall–Kier alpha value is -0.0800. The van der Waals surface area contributed by atoms with Gasteiger partial charge in [-0.2, -0.15) is 0 Å². The van der Waals surface area contributed by atoms with E-state index < -0.39 is 0 Å². The van der Waals surface area contributed by atoms with Gasteiger partial charge in [-0.05, 0) is 38.0 Å². The van der Waals surface area contributed by atoms with Crippen LogP contribution in [0.4, 0.5) is 0 Å². The van der Waals surface area contributed by atoms with Crippen molar-refractivity contribution in [2.75, 3.05) is 6.61 Å². The Balaban J connectivity index is 1.46. The van der Waals surface area contributed by atoms with Crippen LogP contribution >= 0.6 is 0 Å². The summed E-state index contributed by atoms with van der Waals surface area (Å²) in [5, 5.41) is 3.97. The minimum Gasteiger partial charge on any atom is -0.377 e. The number of ether oxygens (including phenoxy) is 1. The summed E-state index contributed by atoms with van der Waals surface area (Å²) in [6.07, 6.45) is 9.05. The van der Waals surface area contributed by atoms with E-state index in [1.165, 1.54) is 38.5 Å². The van der Waals surface area contributed by atoms with Crippen LogP contribution in [-0.2, 0) is 4.74 Å². The van der Waals surface area contributed by atoms with Gasteiger partial charge in [-0.3, -0.25) is 0 Å². The van der Waals surface area contributed by atoms with Crippen molar-refractivity contribution in [2.45, 2.75) is 63.6 Å². The first-order valence-electron chi connectivity index (χ1n) is 7.17. The van der Waals surface area contributed by atoms with Crippen LogP contribution < -0.4 is 5.32 Å². The fourth-order valence-corrected chi connectivity index (χ4v) is 4.79. The molecular formula is C14H23NO. The van der Waals surface area contributed by atoms with Crippen LogP contribution in [0.15, 0.2) is 0 Å². The van der Waals surface area contributed by atoms with E-state index in [1.807, 2.05) is 0 Å². The van der Waals surface area contributed by atoms with Crippen LogP contribution in [0.25, 0.3) is 0 Å². The zero-order chi connectivity index (χ0) is 10.8. The van der Waals surface area contributed by atoms with Crippen molar-refractivity contribution in [3.8, 4) is 0 Å². The SMILES string of the molecule is CC1CC(NC2C3CCOC3C23CCC3)C1. The van der Waals surface area contributed by atoms with Gasteiger partial charge in [0.25, 0.3) is 0 Å². The quantitative estimate of drug-likeness (QED) is 0.772. The first-order valence-corrected chi connectivity index (χ1v) is 7.17. The van der Waals surface area contributed by atoms with Gasteiger partial charge in [0, 0.05) is 30.0 Å². The van der Waals surface area contributed by atoms with Gasteiger partial charge in [0.15, 0.2) is 0 Å². The van der Waals surface area contributed by atoms with Crippen LogP contribution in [0.5, 0.6) is 0 Å². The molecule has 2 nitrogen and oxygen atoms in total. The Morgan fingerprint density at radius 1 is 1.25 bits per heavy atom. The minimum atomic E-state index is 0.583. The fraction of sp³-hybridized carbons (Fsp3) is 1.00. The molecule has 1 saturated heterocycles. The number of fused-ring (bicyclic) bond motifs is 2. The molecule has 4 aliphatic rings. The monoisotopic (exact) mass is 221 g/mol. The fourth-order valence-electron chi connectivity index (χ4n) is 4.79. The van der Waals surface area contributed by atoms with E-state index in [0.29, 0.717) is 11.5 Å². The number of hydrogen-bond acceptors (Lipinski definition) is 2. The van der Waals surface area contributed by atoms with Gasteiger partial charge >= 0.3 is 0 Å². The molecule has 3 unspecified atom stereocenters. The van der Waals surface area contributed by atoms with E-state index in [-0.39, 0.29) is 0 Å². The van der Waals surface area contributed by atoms with Crippen LogP contribution in [0.2, 0.25) is 0 Å². The predicted octanol–water partition coefficient (Wildman–Crippen LogP) is 2.33. The first kappa shape index (κ1) is 9.90. The van der Waals surface area contributed by atoms with Gasteiger partial charge in [-0.15, -0.1) is 0 Å². The predicted molar refractivity (Wildman–Crippen MR) is 63.2 cm³/mol. The van der Waals surface area contributed by atoms with Crippen molar-refractivity contribution in [3.63, 3.8) is 0 Å². The molecule has 0 aromatic rings. The third-order valence-electron chi connectivity index (χ3n) is 5.83. The smallest absolute Gasteiger partial charge is 0.0690 e. The van der Waals surface area contributed by atoms with Gasteiger partial charge in [0.1, 0.15) is 0 Å². The van der Waals surface area contributed by atoms with Gasteiger partial charge in [0.05, 0.1) is 6.10 Å². The molecule has 1 spiro atoms. The Morgan fingerprint density at radius 2 is 2.06 bits per heavy atom. The normalized spacial score (nSPS) is 52.7. The second-order valence-electron chi connectivity index (χ2n) is 6.75. The van der Waals surface area contributed by atoms with E-state index in [1.54, 1.807) is 0 Å². The molecule has 3 atom stereocenters. The Bertz CT molecular complexity index is 293. The topological polar surface area (TPSA) is 21.3 Å². The summed E-state index contributed by atoms with van der Waals surface area (Å²) in [5.74, 6) is 1.82. The summed E-state index contributed by atoms with van der Waals surface area (Å²) < 4.78 is 5.95. The lowest BCUT2D eigenvalue weighted by atomic mass is 9.46. The lowest BCUT2D eigenvalue weighted by Gasteiger charge is -2.64. The minimum absolute atomic E-state index is 0.583. The Morgan fingerprint density at radius 3 is 2.69 bits per heavy atom. The molecule has 1 N–H and O–H groups in total. The highest BCUT2D eigenvalue weighted by Crippen LogP contribution is 2.63. The van der Waals surface area contributed by atoms with Crippen LogP contribution in [0.3, 0.4) is 0 Å². The van der Waals surface area contributed by atoms with E-state index in [4.69, 9.17) is 4.74 Å². The van der Waals surface area contributed by atoms with Gasteiger partial charge in [-0.1, -0.05) is 13.3 Å². The lowest BCUT2D eigenvalue weighted by molar-refractivity contribution is -0.180. The third-order valence-corrected chi connectivity index (χ3v) is 5.83. The van der Waals surface area contributed by atoms with E-state index in [0.717, 1.165) is 30.5 Å². The largest absolute Gasteiger partial charge is 0.377 e. The molecule has 0 radical (unpaired) electrons. The molecular weight excluding hydrogens is 198 g/mol. The van der Waals surface area contributed by atoms with Crippen LogP contribution in [0, 0.1) is 17.3 Å². The molecule has 3 saturated carbocycles. The summed E-state index contributed by atoms with van der Waals surface area (Å²) in [6, 6.07) is 1.64. The van der Waals surface area contributed by atoms with E-state index in [9.17, 15) is 0 Å². The highest BCUT2D eigenvalue weighted by Gasteiger charge is 2.66. The maximum atomic E-state index is 5.95. The molecule has 90 valence electrons. The van der Waals surface area contributed by atoms with E-state index >= 15 is 0 Å². The summed E-state index contributed by atoms with van der Waals surface area (Å²) in [6.45, 7) is 3.40. The average Bonchev–Trinajstić information content (AvgIpc) is 2.53. The van der Waals surface area contributed by atoms with Crippen molar-refractivity contribution in [1.82, 2.24) is 5.32 Å². The standard InChI is InChI=1S/C14H23NO/c1-9-7-10(8-9)15-12-11-3-6-16-13(11)14(12)4-2-5-14/h9-13,15H,2-8H2,1H3. The summed E-state index contributed by atoms with van der Waals surface area (Å²) in [5.41, 5.74) is 0.583. The molecule has 0 bridgehead atoms. The molecule has 0 aromatic heterocycles. The van der Waals surface area contributed by atoms with Gasteiger partial charge < -0.3 is 10.1 Å². The second kappa shape index (κ2) is 3.23. The maximum absolute atomic E-state index is 5.95.